The van der Waals surface area contributed by atoms with E-state index in [-0.39, 0.29) is 30.1 Å². The second kappa shape index (κ2) is 5.55. The standard InChI is InChI=1S/C13H9F4NO3/c14-7-4-8(15)10(17)11(9(7)16)18-12(19)5-2-1-3-6(5)13(20)21/h4H,1-3H2,(H,18,19)(H,20,21). The molecule has 0 atom stereocenters. The van der Waals surface area contributed by atoms with Crippen LogP contribution >= 0.6 is 0 Å². The number of nitrogens with one attached hydrogen (secondary N) is 1. The highest BCUT2D eigenvalue weighted by Crippen LogP contribution is 2.29. The molecule has 21 heavy (non-hydrogen) atoms. The van der Waals surface area contributed by atoms with Crippen molar-refractivity contribution in [3.05, 3.63) is 40.5 Å². The number of halogens is 4. The Kier molecular flexibility index (Phi) is 3.97. The largest absolute Gasteiger partial charge is 0.478 e. The maximum absolute atomic E-state index is 13.4. The second-order valence-corrected chi connectivity index (χ2v) is 4.41. The lowest BCUT2D eigenvalue weighted by molar-refractivity contribution is -0.133. The zero-order valence-corrected chi connectivity index (χ0v) is 10.5. The number of benzene rings is 1. The molecule has 2 N–H and O–H groups in total. The van der Waals surface area contributed by atoms with Gasteiger partial charge in [0.1, 0.15) is 5.69 Å². The molecule has 0 aliphatic heterocycles. The maximum Gasteiger partial charge on any atom is 0.332 e. The summed E-state index contributed by atoms with van der Waals surface area (Å²) in [7, 11) is 0. The third kappa shape index (κ3) is 2.74. The minimum Gasteiger partial charge on any atom is -0.478 e. The number of carbonyl (C=O) groups is 2. The molecular formula is C13H9F4NO3. The van der Waals surface area contributed by atoms with E-state index >= 15 is 0 Å². The number of hydrogen-bond donors (Lipinski definition) is 2. The van der Waals surface area contributed by atoms with E-state index in [1.165, 1.54) is 0 Å². The Bertz CT molecular complexity index is 644. The van der Waals surface area contributed by atoms with Crippen LogP contribution in [0.4, 0.5) is 23.2 Å². The molecule has 0 heterocycles. The quantitative estimate of drug-likeness (QED) is 0.666. The van der Waals surface area contributed by atoms with Crippen LogP contribution in [-0.2, 0) is 9.59 Å². The Morgan fingerprint density at radius 1 is 1.00 bits per heavy atom. The number of carboxylic acids is 1. The van der Waals surface area contributed by atoms with E-state index < -0.39 is 40.8 Å². The molecule has 0 fully saturated rings. The van der Waals surface area contributed by atoms with Gasteiger partial charge in [-0.25, -0.2) is 22.4 Å². The highest BCUT2D eigenvalue weighted by Gasteiger charge is 2.28. The highest BCUT2D eigenvalue weighted by molar-refractivity contribution is 6.09. The number of anilines is 1. The van der Waals surface area contributed by atoms with Gasteiger partial charge in [-0.15, -0.1) is 0 Å². The predicted molar refractivity (Wildman–Crippen MR) is 63.4 cm³/mol. The Balaban J connectivity index is 2.37. The minimum atomic E-state index is -1.75. The van der Waals surface area contributed by atoms with Crippen LogP contribution in [0.25, 0.3) is 0 Å². The van der Waals surface area contributed by atoms with Crippen molar-refractivity contribution in [3.8, 4) is 0 Å². The van der Waals surface area contributed by atoms with Gasteiger partial charge in [0.2, 0.25) is 0 Å². The molecule has 0 spiro atoms. The minimum absolute atomic E-state index is 0.0117. The van der Waals surface area contributed by atoms with Crippen LogP contribution in [0.15, 0.2) is 17.2 Å². The van der Waals surface area contributed by atoms with Gasteiger partial charge in [-0.05, 0) is 19.3 Å². The van der Waals surface area contributed by atoms with Crippen LogP contribution in [-0.4, -0.2) is 17.0 Å². The number of rotatable bonds is 3. The first-order valence-electron chi connectivity index (χ1n) is 5.92. The van der Waals surface area contributed by atoms with Gasteiger partial charge in [0.05, 0.1) is 0 Å². The smallest absolute Gasteiger partial charge is 0.332 e. The zero-order valence-electron chi connectivity index (χ0n) is 10.5. The third-order valence-corrected chi connectivity index (χ3v) is 3.10. The second-order valence-electron chi connectivity index (χ2n) is 4.41. The molecule has 1 aromatic rings. The molecule has 1 aromatic carbocycles. The normalized spacial score (nSPS) is 14.5. The summed E-state index contributed by atoms with van der Waals surface area (Å²) in [6.07, 6.45) is 0.641. The molecule has 0 saturated carbocycles. The summed E-state index contributed by atoms with van der Waals surface area (Å²) >= 11 is 0. The molecule has 1 aliphatic carbocycles. The Labute approximate surface area is 116 Å². The van der Waals surface area contributed by atoms with E-state index in [1.807, 2.05) is 0 Å². The van der Waals surface area contributed by atoms with Gasteiger partial charge in [-0.2, -0.15) is 0 Å². The van der Waals surface area contributed by atoms with Gasteiger partial charge < -0.3 is 10.4 Å². The van der Waals surface area contributed by atoms with E-state index in [1.54, 1.807) is 5.32 Å². The number of carbonyl (C=O) groups excluding carboxylic acids is 1. The lowest BCUT2D eigenvalue weighted by Crippen LogP contribution is -2.19. The van der Waals surface area contributed by atoms with Crippen molar-refractivity contribution in [1.29, 1.82) is 0 Å². The highest BCUT2D eigenvalue weighted by atomic mass is 19.2. The van der Waals surface area contributed by atoms with Gasteiger partial charge in [0.25, 0.3) is 5.91 Å². The number of aliphatic carboxylic acids is 1. The summed E-state index contributed by atoms with van der Waals surface area (Å²) < 4.78 is 52.9. The lowest BCUT2D eigenvalue weighted by Gasteiger charge is -2.10. The molecule has 1 aliphatic rings. The average molecular weight is 303 g/mol. The van der Waals surface area contributed by atoms with Crippen molar-refractivity contribution < 1.29 is 32.3 Å². The average Bonchev–Trinajstić information content (AvgIpc) is 2.91. The van der Waals surface area contributed by atoms with E-state index in [0.717, 1.165) is 0 Å². The fourth-order valence-electron chi connectivity index (χ4n) is 2.10. The topological polar surface area (TPSA) is 66.4 Å². The Morgan fingerprint density at radius 2 is 1.52 bits per heavy atom. The maximum atomic E-state index is 13.4. The molecule has 0 radical (unpaired) electrons. The van der Waals surface area contributed by atoms with Crippen molar-refractivity contribution in [2.24, 2.45) is 0 Å². The number of carboxylic acid groups (broad SMARTS) is 1. The first kappa shape index (κ1) is 15.0. The SMILES string of the molecule is O=C(O)C1=C(C(=O)Nc2c(F)c(F)cc(F)c2F)CCC1. The Hall–Kier alpha value is -2.38. The monoisotopic (exact) mass is 303 g/mol. The molecule has 1 amide bonds. The van der Waals surface area contributed by atoms with Gasteiger partial charge in [-0.1, -0.05) is 0 Å². The van der Waals surface area contributed by atoms with Crippen LogP contribution in [0.1, 0.15) is 19.3 Å². The van der Waals surface area contributed by atoms with Gasteiger partial charge in [0, 0.05) is 17.2 Å². The van der Waals surface area contributed by atoms with Crippen molar-refractivity contribution in [3.63, 3.8) is 0 Å². The lowest BCUT2D eigenvalue weighted by atomic mass is 10.1. The van der Waals surface area contributed by atoms with Crippen LogP contribution in [0.2, 0.25) is 0 Å². The van der Waals surface area contributed by atoms with Gasteiger partial charge >= 0.3 is 5.97 Å². The van der Waals surface area contributed by atoms with Crippen LogP contribution in [0.3, 0.4) is 0 Å². The molecule has 0 aromatic heterocycles. The predicted octanol–water partition coefficient (Wildman–Crippen LogP) is 2.75. The molecule has 8 heteroatoms. The zero-order chi connectivity index (χ0) is 15.7. The van der Waals surface area contributed by atoms with Crippen molar-refractivity contribution in [2.45, 2.75) is 19.3 Å². The summed E-state index contributed by atoms with van der Waals surface area (Å²) in [4.78, 5) is 22.8. The molecule has 4 nitrogen and oxygen atoms in total. The summed E-state index contributed by atoms with van der Waals surface area (Å²) in [5, 5.41) is 10.6. The van der Waals surface area contributed by atoms with Crippen LogP contribution in [0.5, 0.6) is 0 Å². The fourth-order valence-corrected chi connectivity index (χ4v) is 2.10. The van der Waals surface area contributed by atoms with Gasteiger partial charge in [-0.3, -0.25) is 4.79 Å². The Morgan fingerprint density at radius 3 is 2.05 bits per heavy atom. The van der Waals surface area contributed by atoms with Crippen molar-refractivity contribution in [2.75, 3.05) is 5.32 Å². The first-order chi connectivity index (χ1) is 9.82. The van der Waals surface area contributed by atoms with E-state index in [9.17, 15) is 27.2 Å². The van der Waals surface area contributed by atoms with E-state index in [2.05, 4.69) is 0 Å². The number of hydrogen-bond acceptors (Lipinski definition) is 2. The summed E-state index contributed by atoms with van der Waals surface area (Å²) in [5.41, 5.74) is -1.61. The van der Waals surface area contributed by atoms with E-state index in [4.69, 9.17) is 5.11 Å². The first-order valence-corrected chi connectivity index (χ1v) is 5.92. The number of amides is 1. The van der Waals surface area contributed by atoms with Crippen molar-refractivity contribution in [1.82, 2.24) is 0 Å². The van der Waals surface area contributed by atoms with E-state index in [0.29, 0.717) is 6.42 Å². The molecule has 0 unspecified atom stereocenters. The molecule has 0 bridgehead atoms. The van der Waals surface area contributed by atoms with Gasteiger partial charge in [0.15, 0.2) is 23.3 Å². The summed E-state index contributed by atoms with van der Waals surface area (Å²) in [5.74, 6) is -9.24. The molecule has 0 saturated heterocycles. The molecular weight excluding hydrogens is 294 g/mol. The van der Waals surface area contributed by atoms with Crippen LogP contribution in [0, 0.1) is 23.3 Å². The molecule has 2 rings (SSSR count). The fraction of sp³-hybridized carbons (Fsp3) is 0.231. The molecule has 112 valence electrons. The third-order valence-electron chi connectivity index (χ3n) is 3.10. The van der Waals surface area contributed by atoms with Crippen molar-refractivity contribution >= 4 is 17.6 Å². The summed E-state index contributed by atoms with van der Waals surface area (Å²) in [6.45, 7) is 0. The van der Waals surface area contributed by atoms with Crippen LogP contribution < -0.4 is 5.32 Å². The summed E-state index contributed by atoms with van der Waals surface area (Å²) in [6, 6.07) is 0.0117.